The van der Waals surface area contributed by atoms with E-state index >= 15 is 0 Å². The van der Waals surface area contributed by atoms with Gasteiger partial charge >= 0.3 is 0 Å². The van der Waals surface area contributed by atoms with Crippen LogP contribution in [0, 0.1) is 12.8 Å². The first-order chi connectivity index (χ1) is 12.6. The van der Waals surface area contributed by atoms with E-state index in [1.54, 1.807) is 29.9 Å². The van der Waals surface area contributed by atoms with Crippen molar-refractivity contribution in [3.05, 3.63) is 45.7 Å². The van der Waals surface area contributed by atoms with Crippen LogP contribution in [0.15, 0.2) is 29.3 Å². The van der Waals surface area contributed by atoms with Crippen LogP contribution < -0.4 is 4.72 Å². The molecule has 0 aliphatic heterocycles. The molecule has 0 unspecified atom stereocenters. The Kier molecular flexibility index (Phi) is 5.92. The Balaban J connectivity index is 1.84. The molecule has 0 bridgehead atoms. The van der Waals surface area contributed by atoms with E-state index in [-0.39, 0.29) is 4.90 Å². The molecule has 27 heavy (non-hydrogen) atoms. The molecule has 8 heteroatoms. The number of hydrogen-bond donors (Lipinski definition) is 1. The molecule has 0 amide bonds. The van der Waals surface area contributed by atoms with Gasteiger partial charge in [0.2, 0.25) is 10.0 Å². The highest BCUT2D eigenvalue weighted by Crippen LogP contribution is 2.38. The Morgan fingerprint density at radius 1 is 1.30 bits per heavy atom. The fourth-order valence-electron chi connectivity index (χ4n) is 3.52. The maximum Gasteiger partial charge on any atom is 0.244 e. The van der Waals surface area contributed by atoms with Crippen molar-refractivity contribution in [3.63, 3.8) is 0 Å². The Morgan fingerprint density at radius 2 is 2.00 bits per heavy atom. The summed E-state index contributed by atoms with van der Waals surface area (Å²) >= 11 is 12.3. The molecule has 0 atom stereocenters. The topological polar surface area (TPSA) is 64.0 Å². The second kappa shape index (κ2) is 7.74. The summed E-state index contributed by atoms with van der Waals surface area (Å²) in [5, 5.41) is 5.49. The zero-order valence-electron chi connectivity index (χ0n) is 15.8. The lowest BCUT2D eigenvalue weighted by atomic mass is 9.74. The highest BCUT2D eigenvalue weighted by Gasteiger charge is 2.42. The van der Waals surface area contributed by atoms with Crippen molar-refractivity contribution in [3.8, 4) is 0 Å². The van der Waals surface area contributed by atoms with Crippen molar-refractivity contribution in [1.82, 2.24) is 14.5 Å². The van der Waals surface area contributed by atoms with E-state index < -0.39 is 15.6 Å². The molecular formula is C19H25Cl2N3O2S. The third-order valence-corrected chi connectivity index (χ3v) is 7.22. The molecule has 0 saturated heterocycles. The summed E-state index contributed by atoms with van der Waals surface area (Å²) in [4.78, 5) is 0.247. The minimum absolute atomic E-state index is 0.247. The van der Waals surface area contributed by atoms with Gasteiger partial charge in [-0.3, -0.25) is 4.68 Å². The molecule has 148 valence electrons. The number of aryl methyl sites for hydroxylation is 1. The Morgan fingerprint density at radius 3 is 2.56 bits per heavy atom. The molecule has 5 nitrogen and oxygen atoms in total. The van der Waals surface area contributed by atoms with Crippen LogP contribution in [0.4, 0.5) is 0 Å². The van der Waals surface area contributed by atoms with E-state index in [2.05, 4.69) is 23.7 Å². The normalized spacial score (nSPS) is 16.5. The summed E-state index contributed by atoms with van der Waals surface area (Å²) in [5.41, 5.74) is 0.904. The first-order valence-electron chi connectivity index (χ1n) is 9.12. The fraction of sp³-hybridized carbons (Fsp3) is 0.526. The average Bonchev–Trinajstić information content (AvgIpc) is 2.88. The molecule has 3 rings (SSSR count). The summed E-state index contributed by atoms with van der Waals surface area (Å²) in [6, 6.07) is 5.34. The zero-order chi connectivity index (χ0) is 19.8. The van der Waals surface area contributed by atoms with Crippen LogP contribution in [-0.4, -0.2) is 23.7 Å². The second-order valence-electron chi connectivity index (χ2n) is 7.85. The largest absolute Gasteiger partial charge is 0.271 e. The van der Waals surface area contributed by atoms with Crippen molar-refractivity contribution in [2.75, 3.05) is 0 Å². The molecule has 2 aromatic rings. The van der Waals surface area contributed by atoms with Gasteiger partial charge in [-0.1, -0.05) is 43.1 Å². The van der Waals surface area contributed by atoms with E-state index in [0.29, 0.717) is 34.6 Å². The van der Waals surface area contributed by atoms with Gasteiger partial charge in [0.25, 0.3) is 0 Å². The van der Waals surface area contributed by atoms with Crippen molar-refractivity contribution >= 4 is 33.2 Å². The smallest absolute Gasteiger partial charge is 0.244 e. The summed E-state index contributed by atoms with van der Waals surface area (Å²) < 4.78 is 30.8. The first kappa shape index (κ1) is 20.6. The lowest BCUT2D eigenvalue weighted by Crippen LogP contribution is -2.54. The Hall–Kier alpha value is -1.08. The number of benzene rings is 1. The maximum absolute atomic E-state index is 13.1. The van der Waals surface area contributed by atoms with Crippen molar-refractivity contribution in [1.29, 1.82) is 0 Å². The van der Waals surface area contributed by atoms with Gasteiger partial charge in [0, 0.05) is 28.3 Å². The molecule has 1 N–H and O–H groups in total. The van der Waals surface area contributed by atoms with Crippen LogP contribution in [0.25, 0.3) is 0 Å². The van der Waals surface area contributed by atoms with Crippen LogP contribution in [0.5, 0.6) is 0 Å². The third-order valence-electron chi connectivity index (χ3n) is 4.95. The first-order valence-corrected chi connectivity index (χ1v) is 11.4. The van der Waals surface area contributed by atoms with Crippen LogP contribution in [0.1, 0.15) is 44.4 Å². The summed E-state index contributed by atoms with van der Waals surface area (Å²) in [5.74, 6) is 0.387. The number of nitrogens with one attached hydrogen (secondary N) is 1. The number of nitrogens with zero attached hydrogens (tertiary/aromatic N) is 2. The van der Waals surface area contributed by atoms with Crippen molar-refractivity contribution in [2.45, 2.75) is 63.4 Å². The lowest BCUT2D eigenvalue weighted by molar-refractivity contribution is 0.220. The van der Waals surface area contributed by atoms with Gasteiger partial charge in [-0.2, -0.15) is 5.10 Å². The molecule has 1 aromatic carbocycles. The monoisotopic (exact) mass is 429 g/mol. The van der Waals surface area contributed by atoms with Crippen LogP contribution in [0.2, 0.25) is 10.0 Å². The number of rotatable bonds is 7. The SMILES string of the molecule is Cc1nn(CC(C)C)cc1S(=O)(=O)NC1(Cc2ccc(Cl)cc2Cl)CCC1. The molecule has 0 spiro atoms. The zero-order valence-corrected chi connectivity index (χ0v) is 18.1. The molecule has 1 saturated carbocycles. The van der Waals surface area contributed by atoms with E-state index in [1.807, 2.05) is 6.07 Å². The summed E-state index contributed by atoms with van der Waals surface area (Å²) in [6.45, 7) is 6.56. The van der Waals surface area contributed by atoms with Gasteiger partial charge in [-0.25, -0.2) is 13.1 Å². The quantitative estimate of drug-likeness (QED) is 0.699. The van der Waals surface area contributed by atoms with Crippen LogP contribution >= 0.6 is 23.2 Å². The molecule has 1 aromatic heterocycles. The van der Waals surface area contributed by atoms with Gasteiger partial charge in [0.15, 0.2) is 0 Å². The third kappa shape index (κ3) is 4.67. The molecule has 1 fully saturated rings. The summed E-state index contributed by atoms with van der Waals surface area (Å²) in [6.07, 6.45) is 4.72. The fourth-order valence-corrected chi connectivity index (χ4v) is 5.64. The van der Waals surface area contributed by atoms with E-state index in [0.717, 1.165) is 24.8 Å². The van der Waals surface area contributed by atoms with E-state index in [9.17, 15) is 8.42 Å². The molecule has 1 aliphatic carbocycles. The molecule has 1 aliphatic rings. The molecular weight excluding hydrogens is 405 g/mol. The van der Waals surface area contributed by atoms with Gasteiger partial charge in [-0.15, -0.1) is 0 Å². The predicted molar refractivity (Wildman–Crippen MR) is 109 cm³/mol. The standard InChI is InChI=1S/C19H25Cl2N3O2S/c1-13(2)11-24-12-18(14(3)22-24)27(25,26)23-19(7-4-8-19)10-15-5-6-16(20)9-17(15)21/h5-6,9,12-13,23H,4,7-8,10-11H2,1-3H3. The Bertz CT molecular complexity index is 934. The van der Waals surface area contributed by atoms with Gasteiger partial charge in [0.05, 0.1) is 5.69 Å². The van der Waals surface area contributed by atoms with Crippen LogP contribution in [0.3, 0.4) is 0 Å². The van der Waals surface area contributed by atoms with Gasteiger partial charge < -0.3 is 0 Å². The molecule has 0 radical (unpaired) electrons. The van der Waals surface area contributed by atoms with Gasteiger partial charge in [-0.05, 0) is 56.2 Å². The van der Waals surface area contributed by atoms with Crippen molar-refractivity contribution < 1.29 is 8.42 Å². The van der Waals surface area contributed by atoms with Crippen LogP contribution in [-0.2, 0) is 23.0 Å². The maximum atomic E-state index is 13.1. The number of halogens is 2. The van der Waals surface area contributed by atoms with Crippen molar-refractivity contribution in [2.24, 2.45) is 5.92 Å². The number of sulfonamides is 1. The number of aromatic nitrogens is 2. The second-order valence-corrected chi connectivity index (χ2v) is 10.3. The predicted octanol–water partition coefficient (Wildman–Crippen LogP) is 4.60. The summed E-state index contributed by atoms with van der Waals surface area (Å²) in [7, 11) is -3.67. The average molecular weight is 430 g/mol. The minimum atomic E-state index is -3.67. The molecule has 1 heterocycles. The van der Waals surface area contributed by atoms with E-state index in [4.69, 9.17) is 23.2 Å². The minimum Gasteiger partial charge on any atom is -0.271 e. The highest BCUT2D eigenvalue weighted by molar-refractivity contribution is 7.89. The van der Waals surface area contributed by atoms with E-state index in [1.165, 1.54) is 0 Å². The number of hydrogen-bond acceptors (Lipinski definition) is 3. The highest BCUT2D eigenvalue weighted by atomic mass is 35.5. The van der Waals surface area contributed by atoms with Gasteiger partial charge in [0.1, 0.15) is 4.90 Å². The Labute approximate surface area is 171 Å². The lowest BCUT2D eigenvalue weighted by Gasteiger charge is -2.42.